The Morgan fingerprint density at radius 2 is 1.40 bits per heavy atom. The van der Waals surface area contributed by atoms with Crippen molar-refractivity contribution in [3.8, 4) is 23.0 Å². The first-order valence-electron chi connectivity index (χ1n) is 10.6. The molecule has 0 radical (unpaired) electrons. The molecule has 0 aliphatic rings. The van der Waals surface area contributed by atoms with E-state index in [1.807, 2.05) is 0 Å². The molecule has 0 unspecified atom stereocenters. The van der Waals surface area contributed by atoms with Crippen LogP contribution in [0.3, 0.4) is 0 Å². The highest BCUT2D eigenvalue weighted by Crippen LogP contribution is 2.39. The second-order valence-corrected chi connectivity index (χ2v) is 7.34. The van der Waals surface area contributed by atoms with Crippen LogP contribution in [0.1, 0.15) is 21.5 Å². The Kier molecular flexibility index (Phi) is 8.34. The normalized spacial score (nSPS) is 11.0. The molecule has 3 N–H and O–H groups in total. The van der Waals surface area contributed by atoms with Gasteiger partial charge < -0.3 is 30.0 Å². The molecule has 0 bridgehead atoms. The third kappa shape index (κ3) is 6.11. The van der Waals surface area contributed by atoms with Gasteiger partial charge in [-0.15, -0.1) is 0 Å². The molecular formula is C27H27FN2O5. The lowest BCUT2D eigenvalue weighted by Crippen LogP contribution is -1.99. The van der Waals surface area contributed by atoms with E-state index in [1.165, 1.54) is 46.8 Å². The standard InChI is InChI=1S/C27H27FN2O5/c1-32-24-15-18(16-25(33-2)27(24)35-4)6-5-17-13-21(28)26(34-3)22(14-17)30-12-11-23(31)19-7-9-20(29)10-8-19/h5-16,30H,29H2,1-4H3/b6-5-,12-11-. The molecule has 35 heavy (non-hydrogen) atoms. The second-order valence-electron chi connectivity index (χ2n) is 7.34. The first kappa shape index (κ1) is 25.2. The molecule has 3 aromatic rings. The zero-order chi connectivity index (χ0) is 25.4. The van der Waals surface area contributed by atoms with E-state index in [2.05, 4.69) is 5.32 Å². The van der Waals surface area contributed by atoms with E-state index >= 15 is 0 Å². The number of carbonyl (C=O) groups excluding carboxylic acids is 1. The predicted molar refractivity (Wildman–Crippen MR) is 136 cm³/mol. The van der Waals surface area contributed by atoms with Gasteiger partial charge in [0, 0.05) is 23.5 Å². The highest BCUT2D eigenvalue weighted by molar-refractivity contribution is 6.04. The highest BCUT2D eigenvalue weighted by atomic mass is 19.1. The van der Waals surface area contributed by atoms with Crippen LogP contribution in [0.4, 0.5) is 15.8 Å². The number of nitrogens with two attached hydrogens (primary N) is 1. The predicted octanol–water partition coefficient (Wildman–Crippen LogP) is 5.42. The van der Waals surface area contributed by atoms with Crippen LogP contribution >= 0.6 is 0 Å². The van der Waals surface area contributed by atoms with Crippen LogP contribution in [0.25, 0.3) is 12.2 Å². The van der Waals surface area contributed by atoms with Crippen LogP contribution in [0.5, 0.6) is 23.0 Å². The van der Waals surface area contributed by atoms with Crippen LogP contribution in [0, 0.1) is 5.82 Å². The summed E-state index contributed by atoms with van der Waals surface area (Å²) in [5.41, 5.74) is 8.40. The molecule has 3 aromatic carbocycles. The van der Waals surface area contributed by atoms with Crippen LogP contribution in [0.2, 0.25) is 0 Å². The number of ether oxygens (including phenoxy) is 4. The van der Waals surface area contributed by atoms with Crippen molar-refractivity contribution in [1.82, 2.24) is 0 Å². The van der Waals surface area contributed by atoms with E-state index in [4.69, 9.17) is 24.7 Å². The number of hydrogen-bond acceptors (Lipinski definition) is 7. The van der Waals surface area contributed by atoms with Crippen molar-refractivity contribution in [2.45, 2.75) is 0 Å². The fourth-order valence-electron chi connectivity index (χ4n) is 3.37. The average Bonchev–Trinajstić information content (AvgIpc) is 2.86. The van der Waals surface area contributed by atoms with Gasteiger partial charge in [0.1, 0.15) is 0 Å². The van der Waals surface area contributed by atoms with Crippen molar-refractivity contribution < 1.29 is 28.1 Å². The molecule has 0 saturated heterocycles. The van der Waals surface area contributed by atoms with Crippen LogP contribution in [-0.4, -0.2) is 34.2 Å². The minimum Gasteiger partial charge on any atom is -0.493 e. The Morgan fingerprint density at radius 1 is 0.829 bits per heavy atom. The summed E-state index contributed by atoms with van der Waals surface area (Å²) in [6.07, 6.45) is 6.30. The Balaban J connectivity index is 1.85. The van der Waals surface area contributed by atoms with Gasteiger partial charge >= 0.3 is 0 Å². The zero-order valence-corrected chi connectivity index (χ0v) is 19.9. The molecule has 0 amide bonds. The maximum atomic E-state index is 14.7. The van der Waals surface area contributed by atoms with Crippen molar-refractivity contribution in [3.63, 3.8) is 0 Å². The van der Waals surface area contributed by atoms with Gasteiger partial charge in [0.2, 0.25) is 5.75 Å². The third-order valence-electron chi connectivity index (χ3n) is 5.09. The topological polar surface area (TPSA) is 92.0 Å². The summed E-state index contributed by atoms with van der Waals surface area (Å²) in [5, 5.41) is 2.93. The van der Waals surface area contributed by atoms with Crippen molar-refractivity contribution in [2.75, 3.05) is 39.5 Å². The number of rotatable bonds is 10. The summed E-state index contributed by atoms with van der Waals surface area (Å²) in [4.78, 5) is 12.3. The number of anilines is 2. The SMILES string of the molecule is COc1cc(/C=C\c2cc(F)c(OC)c(N/C=C\C(=O)c3ccc(N)cc3)c2)cc(OC)c1OC. The molecule has 0 fully saturated rings. The lowest BCUT2D eigenvalue weighted by atomic mass is 10.1. The lowest BCUT2D eigenvalue weighted by Gasteiger charge is -2.13. The van der Waals surface area contributed by atoms with Gasteiger partial charge in [0.15, 0.2) is 28.8 Å². The van der Waals surface area contributed by atoms with Crippen molar-refractivity contribution in [2.24, 2.45) is 0 Å². The zero-order valence-electron chi connectivity index (χ0n) is 19.9. The van der Waals surface area contributed by atoms with E-state index in [-0.39, 0.29) is 11.5 Å². The molecule has 7 nitrogen and oxygen atoms in total. The lowest BCUT2D eigenvalue weighted by molar-refractivity contribution is 0.104. The fourth-order valence-corrected chi connectivity index (χ4v) is 3.37. The number of allylic oxidation sites excluding steroid dienone is 1. The molecule has 0 heterocycles. The van der Waals surface area contributed by atoms with Gasteiger partial charge in [-0.25, -0.2) is 4.39 Å². The molecule has 0 atom stereocenters. The summed E-state index contributed by atoms with van der Waals surface area (Å²) in [6, 6.07) is 13.2. The van der Waals surface area contributed by atoms with Crippen LogP contribution < -0.4 is 30.0 Å². The first-order valence-corrected chi connectivity index (χ1v) is 10.6. The quantitative estimate of drug-likeness (QED) is 0.174. The summed E-state index contributed by atoms with van der Waals surface area (Å²) in [5.74, 6) is 0.737. The smallest absolute Gasteiger partial charge is 0.203 e. The summed E-state index contributed by atoms with van der Waals surface area (Å²) in [6.45, 7) is 0. The van der Waals surface area contributed by atoms with E-state index in [9.17, 15) is 9.18 Å². The molecule has 0 aliphatic carbocycles. The number of halogens is 1. The minimum atomic E-state index is -0.555. The molecule has 0 aromatic heterocycles. The molecule has 0 saturated carbocycles. The van der Waals surface area contributed by atoms with Gasteiger partial charge in [-0.3, -0.25) is 4.79 Å². The number of nitrogen functional groups attached to an aromatic ring is 1. The summed E-state index contributed by atoms with van der Waals surface area (Å²) >= 11 is 0. The molecule has 182 valence electrons. The van der Waals surface area contributed by atoms with Crippen molar-refractivity contribution in [3.05, 3.63) is 83.3 Å². The van der Waals surface area contributed by atoms with Gasteiger partial charge in [0.25, 0.3) is 0 Å². The Labute approximate surface area is 203 Å². The van der Waals surface area contributed by atoms with Gasteiger partial charge in [-0.1, -0.05) is 12.2 Å². The van der Waals surface area contributed by atoms with Crippen molar-refractivity contribution in [1.29, 1.82) is 0 Å². The second kappa shape index (κ2) is 11.6. The number of ketones is 1. The summed E-state index contributed by atoms with van der Waals surface area (Å²) in [7, 11) is 5.97. The molecule has 3 rings (SSSR count). The average molecular weight is 479 g/mol. The van der Waals surface area contributed by atoms with Crippen LogP contribution in [0.15, 0.2) is 60.8 Å². The number of methoxy groups -OCH3 is 4. The summed E-state index contributed by atoms with van der Waals surface area (Å²) < 4.78 is 36.0. The van der Waals surface area contributed by atoms with Gasteiger partial charge in [-0.2, -0.15) is 0 Å². The third-order valence-corrected chi connectivity index (χ3v) is 5.09. The minimum absolute atomic E-state index is 0.0273. The van der Waals surface area contributed by atoms with Crippen molar-refractivity contribution >= 4 is 29.3 Å². The highest BCUT2D eigenvalue weighted by Gasteiger charge is 2.13. The Morgan fingerprint density at radius 3 is 1.94 bits per heavy atom. The van der Waals surface area contributed by atoms with E-state index in [1.54, 1.807) is 54.6 Å². The van der Waals surface area contributed by atoms with Crippen LogP contribution in [-0.2, 0) is 0 Å². The monoisotopic (exact) mass is 478 g/mol. The van der Waals surface area contributed by atoms with E-state index in [0.29, 0.717) is 39.8 Å². The number of carbonyl (C=O) groups is 1. The maximum absolute atomic E-state index is 14.7. The molecular weight excluding hydrogens is 451 g/mol. The molecule has 0 aliphatic heterocycles. The van der Waals surface area contributed by atoms with Gasteiger partial charge in [0.05, 0.1) is 34.1 Å². The van der Waals surface area contributed by atoms with E-state index in [0.717, 1.165) is 5.56 Å². The number of hydrogen-bond donors (Lipinski definition) is 2. The molecule has 8 heteroatoms. The largest absolute Gasteiger partial charge is 0.493 e. The Hall–Kier alpha value is -4.46. The molecule has 0 spiro atoms. The number of nitrogens with one attached hydrogen (secondary N) is 1. The fraction of sp³-hybridized carbons (Fsp3) is 0.148. The Bertz CT molecular complexity index is 1230. The maximum Gasteiger partial charge on any atom is 0.203 e. The van der Waals surface area contributed by atoms with E-state index < -0.39 is 5.82 Å². The van der Waals surface area contributed by atoms with Gasteiger partial charge in [-0.05, 0) is 59.7 Å². The first-order chi connectivity index (χ1) is 16.9. The number of benzene rings is 3.